The quantitative estimate of drug-likeness (QED) is 0.653. The van der Waals surface area contributed by atoms with Crippen molar-refractivity contribution in [2.75, 3.05) is 6.54 Å². The van der Waals surface area contributed by atoms with E-state index >= 15 is 0 Å². The summed E-state index contributed by atoms with van der Waals surface area (Å²) >= 11 is 0. The number of hydrogen-bond donors (Lipinski definition) is 2. The molecule has 0 fully saturated rings. The van der Waals surface area contributed by atoms with Gasteiger partial charge < -0.3 is 11.1 Å². The molecule has 84 valence electrons. The van der Waals surface area contributed by atoms with Gasteiger partial charge >= 0.3 is 0 Å². The van der Waals surface area contributed by atoms with Crippen LogP contribution in [0.25, 0.3) is 0 Å². The Labute approximate surface area is 89.6 Å². The zero-order valence-corrected chi connectivity index (χ0v) is 9.29. The van der Waals surface area contributed by atoms with Crippen molar-refractivity contribution >= 4 is 5.91 Å². The first-order chi connectivity index (χ1) is 7.09. The minimum Gasteiger partial charge on any atom is -0.370 e. The molecule has 3 N–H and O–H groups in total. The molecular weight excluding hydrogens is 192 g/mol. The summed E-state index contributed by atoms with van der Waals surface area (Å²) in [5.74, 6) is -0.242. The van der Waals surface area contributed by atoms with E-state index in [2.05, 4.69) is 10.4 Å². The zero-order valence-electron chi connectivity index (χ0n) is 9.29. The van der Waals surface area contributed by atoms with Crippen LogP contribution in [0, 0.1) is 6.92 Å². The maximum atomic E-state index is 10.5. The summed E-state index contributed by atoms with van der Waals surface area (Å²) in [6.45, 7) is 3.54. The first-order valence-corrected chi connectivity index (χ1v) is 5.08. The molecule has 0 aromatic carbocycles. The van der Waals surface area contributed by atoms with Crippen molar-refractivity contribution in [3.8, 4) is 0 Å². The SMILES string of the molecule is Cc1cc(CNCCCC(N)=O)n(C)n1. The summed E-state index contributed by atoms with van der Waals surface area (Å²) < 4.78 is 1.86. The van der Waals surface area contributed by atoms with Crippen molar-refractivity contribution in [1.82, 2.24) is 15.1 Å². The molecule has 5 nitrogen and oxygen atoms in total. The summed E-state index contributed by atoms with van der Waals surface area (Å²) in [5.41, 5.74) is 7.20. The average molecular weight is 210 g/mol. The Morgan fingerprint density at radius 1 is 1.67 bits per heavy atom. The highest BCUT2D eigenvalue weighted by Gasteiger charge is 2.00. The summed E-state index contributed by atoms with van der Waals surface area (Å²) in [6.07, 6.45) is 1.23. The van der Waals surface area contributed by atoms with E-state index in [1.807, 2.05) is 24.7 Å². The lowest BCUT2D eigenvalue weighted by Gasteiger charge is -2.03. The molecule has 0 aliphatic carbocycles. The van der Waals surface area contributed by atoms with Crippen LogP contribution in [0.15, 0.2) is 6.07 Å². The van der Waals surface area contributed by atoms with Gasteiger partial charge in [-0.15, -0.1) is 0 Å². The number of aryl methyl sites for hydroxylation is 2. The number of rotatable bonds is 6. The molecule has 15 heavy (non-hydrogen) atoms. The molecule has 1 heterocycles. The lowest BCUT2D eigenvalue weighted by atomic mass is 10.3. The molecule has 0 saturated carbocycles. The van der Waals surface area contributed by atoms with E-state index in [0.717, 1.165) is 30.9 Å². The fourth-order valence-electron chi connectivity index (χ4n) is 1.43. The number of primary amides is 1. The second kappa shape index (κ2) is 5.50. The molecule has 0 bridgehead atoms. The molecule has 0 aliphatic heterocycles. The van der Waals surface area contributed by atoms with E-state index in [4.69, 9.17) is 5.73 Å². The lowest BCUT2D eigenvalue weighted by molar-refractivity contribution is -0.118. The van der Waals surface area contributed by atoms with E-state index in [1.165, 1.54) is 0 Å². The van der Waals surface area contributed by atoms with Crippen LogP contribution in [0.5, 0.6) is 0 Å². The van der Waals surface area contributed by atoms with Gasteiger partial charge in [-0.05, 0) is 26.0 Å². The second-order valence-corrected chi connectivity index (χ2v) is 3.65. The Kier molecular flexibility index (Phi) is 4.30. The van der Waals surface area contributed by atoms with Crippen LogP contribution in [0.3, 0.4) is 0 Å². The number of nitrogens with one attached hydrogen (secondary N) is 1. The van der Waals surface area contributed by atoms with Crippen molar-refractivity contribution < 1.29 is 4.79 Å². The third-order valence-electron chi connectivity index (χ3n) is 2.18. The van der Waals surface area contributed by atoms with Crippen LogP contribution in [0.1, 0.15) is 24.2 Å². The first-order valence-electron chi connectivity index (χ1n) is 5.08. The van der Waals surface area contributed by atoms with Gasteiger partial charge in [0.2, 0.25) is 5.91 Å². The number of aromatic nitrogens is 2. The third-order valence-corrected chi connectivity index (χ3v) is 2.18. The molecular formula is C10H18N4O. The van der Waals surface area contributed by atoms with E-state index < -0.39 is 0 Å². The molecule has 0 radical (unpaired) electrons. The predicted octanol–water partition coefficient (Wildman–Crippen LogP) is 0.0836. The second-order valence-electron chi connectivity index (χ2n) is 3.65. The van der Waals surface area contributed by atoms with Crippen LogP contribution < -0.4 is 11.1 Å². The lowest BCUT2D eigenvalue weighted by Crippen LogP contribution is -2.19. The summed E-state index contributed by atoms with van der Waals surface area (Å²) in [7, 11) is 1.92. The fraction of sp³-hybridized carbons (Fsp3) is 0.600. The van der Waals surface area contributed by atoms with E-state index in [1.54, 1.807) is 0 Å². The summed E-state index contributed by atoms with van der Waals surface area (Å²) in [5, 5.41) is 7.48. The number of nitrogens with two attached hydrogens (primary N) is 1. The van der Waals surface area contributed by atoms with Crippen LogP contribution in [0.2, 0.25) is 0 Å². The smallest absolute Gasteiger partial charge is 0.217 e. The van der Waals surface area contributed by atoms with Gasteiger partial charge in [0, 0.05) is 20.0 Å². The van der Waals surface area contributed by atoms with Gasteiger partial charge in [0.05, 0.1) is 11.4 Å². The Balaban J connectivity index is 2.20. The predicted molar refractivity (Wildman–Crippen MR) is 58.1 cm³/mol. The Hall–Kier alpha value is -1.36. The monoisotopic (exact) mass is 210 g/mol. The highest BCUT2D eigenvalue weighted by atomic mass is 16.1. The van der Waals surface area contributed by atoms with Crippen molar-refractivity contribution in [3.63, 3.8) is 0 Å². The van der Waals surface area contributed by atoms with Gasteiger partial charge in [0.25, 0.3) is 0 Å². The Morgan fingerprint density at radius 2 is 2.40 bits per heavy atom. The van der Waals surface area contributed by atoms with Crippen LogP contribution in [-0.2, 0) is 18.4 Å². The molecule has 1 amide bonds. The Morgan fingerprint density at radius 3 is 2.93 bits per heavy atom. The van der Waals surface area contributed by atoms with Crippen molar-refractivity contribution in [2.24, 2.45) is 12.8 Å². The molecule has 1 aromatic heterocycles. The number of carbonyl (C=O) groups excluding carboxylic acids is 1. The van der Waals surface area contributed by atoms with Gasteiger partial charge in [-0.1, -0.05) is 0 Å². The highest BCUT2D eigenvalue weighted by Crippen LogP contribution is 2.00. The maximum Gasteiger partial charge on any atom is 0.217 e. The topological polar surface area (TPSA) is 72.9 Å². The normalized spacial score (nSPS) is 10.5. The van der Waals surface area contributed by atoms with E-state index in [9.17, 15) is 4.79 Å². The average Bonchev–Trinajstić information content (AvgIpc) is 2.44. The van der Waals surface area contributed by atoms with Crippen LogP contribution in [-0.4, -0.2) is 22.2 Å². The first kappa shape index (κ1) is 11.7. The van der Waals surface area contributed by atoms with Gasteiger partial charge in [0.15, 0.2) is 0 Å². The van der Waals surface area contributed by atoms with Gasteiger partial charge in [-0.3, -0.25) is 9.48 Å². The minimum atomic E-state index is -0.242. The summed E-state index contributed by atoms with van der Waals surface area (Å²) in [4.78, 5) is 10.5. The number of amides is 1. The molecule has 5 heteroatoms. The maximum absolute atomic E-state index is 10.5. The number of hydrogen-bond acceptors (Lipinski definition) is 3. The van der Waals surface area contributed by atoms with Gasteiger partial charge in [0.1, 0.15) is 0 Å². The molecule has 1 rings (SSSR count). The largest absolute Gasteiger partial charge is 0.370 e. The molecule has 0 aliphatic rings. The fourth-order valence-corrected chi connectivity index (χ4v) is 1.43. The standard InChI is InChI=1S/C10H18N4O/c1-8-6-9(14(2)13-8)7-12-5-3-4-10(11)15/h6,12H,3-5,7H2,1-2H3,(H2,11,15). The Bertz CT molecular complexity index is 332. The van der Waals surface area contributed by atoms with Gasteiger partial charge in [-0.25, -0.2) is 0 Å². The molecule has 0 atom stereocenters. The minimum absolute atomic E-state index is 0.242. The molecule has 1 aromatic rings. The third kappa shape index (κ3) is 4.12. The van der Waals surface area contributed by atoms with Gasteiger partial charge in [-0.2, -0.15) is 5.10 Å². The number of nitrogens with zero attached hydrogens (tertiary/aromatic N) is 2. The van der Waals surface area contributed by atoms with Crippen molar-refractivity contribution in [1.29, 1.82) is 0 Å². The van der Waals surface area contributed by atoms with E-state index in [0.29, 0.717) is 6.42 Å². The van der Waals surface area contributed by atoms with Crippen molar-refractivity contribution in [2.45, 2.75) is 26.3 Å². The van der Waals surface area contributed by atoms with Crippen LogP contribution >= 0.6 is 0 Å². The zero-order chi connectivity index (χ0) is 11.3. The van der Waals surface area contributed by atoms with E-state index in [-0.39, 0.29) is 5.91 Å². The molecule has 0 spiro atoms. The number of carbonyl (C=O) groups is 1. The highest BCUT2D eigenvalue weighted by molar-refractivity contribution is 5.73. The molecule has 0 unspecified atom stereocenters. The van der Waals surface area contributed by atoms with Crippen LogP contribution in [0.4, 0.5) is 0 Å². The molecule has 0 saturated heterocycles. The van der Waals surface area contributed by atoms with Crippen molar-refractivity contribution in [3.05, 3.63) is 17.5 Å². The summed E-state index contributed by atoms with van der Waals surface area (Å²) in [6, 6.07) is 2.04.